The second-order valence-corrected chi connectivity index (χ2v) is 12.5. The number of methoxy groups -OCH3 is 1. The summed E-state index contributed by atoms with van der Waals surface area (Å²) in [5.41, 5.74) is 3.82. The third kappa shape index (κ3) is 4.61. The van der Waals surface area contributed by atoms with E-state index >= 15 is 0 Å². The smallest absolute Gasteiger partial charge is 0.337 e. The van der Waals surface area contributed by atoms with Crippen LogP contribution in [0.3, 0.4) is 0 Å². The molecule has 2 aromatic carbocycles. The highest BCUT2D eigenvalue weighted by Gasteiger charge is 2.43. The van der Waals surface area contributed by atoms with E-state index in [0.717, 1.165) is 65.3 Å². The molecule has 3 atom stereocenters. The predicted molar refractivity (Wildman–Crippen MR) is 152 cm³/mol. The van der Waals surface area contributed by atoms with E-state index in [9.17, 15) is 4.79 Å². The van der Waals surface area contributed by atoms with E-state index in [0.29, 0.717) is 51.4 Å². The molecule has 0 radical (unpaired) electrons. The van der Waals surface area contributed by atoms with Crippen LogP contribution >= 0.6 is 34.5 Å². The number of rotatable bonds is 7. The van der Waals surface area contributed by atoms with Gasteiger partial charge in [0, 0.05) is 35.5 Å². The zero-order valence-corrected chi connectivity index (χ0v) is 23.7. The molecule has 8 rings (SSSR count). The molecule has 202 valence electrons. The van der Waals surface area contributed by atoms with Gasteiger partial charge in [0.2, 0.25) is 0 Å². The molecule has 0 N–H and O–H groups in total. The SMILES string of the molecule is COC(=O)c1ccc2nc(N3C[C@H]4CC[C@@H]3C[C@@H]4OCc3c(-c4c(Cl)cccc4Cl)noc3C3CC3)sc2c1. The van der Waals surface area contributed by atoms with Crippen molar-refractivity contribution in [3.05, 3.63) is 63.3 Å². The maximum absolute atomic E-state index is 12.0. The molecule has 4 fully saturated rings. The number of esters is 1. The van der Waals surface area contributed by atoms with Crippen molar-refractivity contribution < 1.29 is 18.8 Å². The van der Waals surface area contributed by atoms with Crippen molar-refractivity contribution in [2.24, 2.45) is 5.92 Å². The monoisotopic (exact) mass is 583 g/mol. The van der Waals surface area contributed by atoms with Crippen molar-refractivity contribution in [2.75, 3.05) is 18.6 Å². The van der Waals surface area contributed by atoms with Crippen LogP contribution in [0.2, 0.25) is 10.0 Å². The molecule has 10 heteroatoms. The molecular weight excluding hydrogens is 557 g/mol. The average molecular weight is 585 g/mol. The van der Waals surface area contributed by atoms with Gasteiger partial charge in [-0.25, -0.2) is 9.78 Å². The largest absolute Gasteiger partial charge is 0.465 e. The Morgan fingerprint density at radius 2 is 1.97 bits per heavy atom. The molecule has 7 nitrogen and oxygen atoms in total. The number of hydrogen-bond donors (Lipinski definition) is 0. The number of fused-ring (bicyclic) bond motifs is 4. The molecule has 2 aromatic heterocycles. The summed E-state index contributed by atoms with van der Waals surface area (Å²) in [6, 6.07) is 11.4. The first kappa shape index (κ1) is 25.3. The Hall–Kier alpha value is -2.65. The summed E-state index contributed by atoms with van der Waals surface area (Å²) in [6.45, 7) is 1.33. The zero-order chi connectivity index (χ0) is 26.7. The highest BCUT2D eigenvalue weighted by atomic mass is 35.5. The Kier molecular flexibility index (Phi) is 6.54. The summed E-state index contributed by atoms with van der Waals surface area (Å²) in [5, 5.41) is 6.53. The first-order valence-corrected chi connectivity index (χ1v) is 14.9. The summed E-state index contributed by atoms with van der Waals surface area (Å²) in [5.74, 6) is 1.37. The second kappa shape index (κ2) is 10.1. The number of nitrogens with zero attached hydrogens (tertiary/aromatic N) is 3. The quantitative estimate of drug-likeness (QED) is 0.208. The third-order valence-corrected chi connectivity index (χ3v) is 9.91. The molecule has 4 aliphatic rings. The summed E-state index contributed by atoms with van der Waals surface area (Å²) in [6.07, 6.45) is 5.55. The van der Waals surface area contributed by atoms with E-state index in [1.807, 2.05) is 30.3 Å². The van der Waals surface area contributed by atoms with Gasteiger partial charge >= 0.3 is 5.97 Å². The maximum Gasteiger partial charge on any atom is 0.337 e. The van der Waals surface area contributed by atoms with Crippen molar-refractivity contribution in [3.63, 3.8) is 0 Å². The number of piperidine rings is 2. The van der Waals surface area contributed by atoms with Gasteiger partial charge in [-0.2, -0.15) is 0 Å². The van der Waals surface area contributed by atoms with Gasteiger partial charge in [0.05, 0.1) is 45.6 Å². The lowest BCUT2D eigenvalue weighted by Gasteiger charge is -2.49. The van der Waals surface area contributed by atoms with Crippen LogP contribution in [0.25, 0.3) is 21.5 Å². The van der Waals surface area contributed by atoms with Gasteiger partial charge in [0.1, 0.15) is 11.5 Å². The minimum Gasteiger partial charge on any atom is -0.465 e. The molecule has 2 saturated heterocycles. The van der Waals surface area contributed by atoms with Crippen molar-refractivity contribution in [3.8, 4) is 11.3 Å². The minimum atomic E-state index is -0.332. The number of thiazole rings is 1. The number of aromatic nitrogens is 2. The molecule has 0 amide bonds. The summed E-state index contributed by atoms with van der Waals surface area (Å²) < 4.78 is 18.3. The van der Waals surface area contributed by atoms with E-state index in [2.05, 4.69) is 10.1 Å². The molecule has 39 heavy (non-hydrogen) atoms. The minimum absolute atomic E-state index is 0.150. The van der Waals surface area contributed by atoms with Crippen LogP contribution in [-0.2, 0) is 16.1 Å². The Bertz CT molecular complexity index is 1550. The van der Waals surface area contributed by atoms with Gasteiger partial charge in [-0.3, -0.25) is 0 Å². The van der Waals surface area contributed by atoms with Crippen LogP contribution in [0.1, 0.15) is 59.7 Å². The topological polar surface area (TPSA) is 77.7 Å². The molecule has 4 aromatic rings. The molecule has 2 aliphatic heterocycles. The zero-order valence-electron chi connectivity index (χ0n) is 21.4. The molecular formula is C29H27Cl2N3O4S. The van der Waals surface area contributed by atoms with Gasteiger partial charge in [0.25, 0.3) is 0 Å². The number of halogens is 2. The predicted octanol–water partition coefficient (Wildman–Crippen LogP) is 7.50. The Labute approximate surface area is 240 Å². The molecule has 2 saturated carbocycles. The van der Waals surface area contributed by atoms with Crippen LogP contribution < -0.4 is 4.90 Å². The van der Waals surface area contributed by atoms with Gasteiger partial charge in [-0.05, 0) is 62.4 Å². The van der Waals surface area contributed by atoms with Crippen LogP contribution in [0.5, 0.6) is 0 Å². The number of hydrogen-bond acceptors (Lipinski definition) is 8. The lowest BCUT2D eigenvalue weighted by molar-refractivity contribution is -0.0401. The van der Waals surface area contributed by atoms with E-state index in [4.69, 9.17) is 42.2 Å². The maximum atomic E-state index is 12.0. The molecule has 0 unspecified atom stereocenters. The van der Waals surface area contributed by atoms with Crippen molar-refractivity contribution in [2.45, 2.75) is 56.8 Å². The fourth-order valence-corrected chi connectivity index (χ4v) is 7.68. The van der Waals surface area contributed by atoms with E-state index in [1.165, 1.54) is 7.11 Å². The first-order valence-electron chi connectivity index (χ1n) is 13.3. The molecule has 4 heterocycles. The number of benzene rings is 2. The lowest BCUT2D eigenvalue weighted by Crippen LogP contribution is -2.55. The van der Waals surface area contributed by atoms with Crippen LogP contribution in [0.4, 0.5) is 5.13 Å². The summed E-state index contributed by atoms with van der Waals surface area (Å²) in [7, 11) is 1.40. The Morgan fingerprint density at radius 3 is 2.69 bits per heavy atom. The number of carbonyl (C=O) groups excluding carboxylic acids is 1. The molecule has 2 aliphatic carbocycles. The fourth-order valence-electron chi connectivity index (χ4n) is 6.02. The number of ether oxygens (including phenoxy) is 2. The van der Waals surface area contributed by atoms with Gasteiger partial charge in [0.15, 0.2) is 5.13 Å². The fraction of sp³-hybridized carbons (Fsp3) is 0.414. The third-order valence-electron chi connectivity index (χ3n) is 8.22. The number of carbonyl (C=O) groups is 1. The van der Waals surface area contributed by atoms with Gasteiger partial charge in [-0.15, -0.1) is 0 Å². The Balaban J connectivity index is 1.09. The summed E-state index contributed by atoms with van der Waals surface area (Å²) >= 11 is 14.7. The Morgan fingerprint density at radius 1 is 1.15 bits per heavy atom. The van der Waals surface area contributed by atoms with Crippen molar-refractivity contribution in [1.82, 2.24) is 10.1 Å². The normalized spacial score (nSPS) is 22.5. The van der Waals surface area contributed by atoms with Gasteiger partial charge in [-0.1, -0.05) is 45.8 Å². The van der Waals surface area contributed by atoms with Crippen LogP contribution in [0.15, 0.2) is 40.9 Å². The average Bonchev–Trinajstić information content (AvgIpc) is 3.57. The molecule has 0 spiro atoms. The highest BCUT2D eigenvalue weighted by molar-refractivity contribution is 7.22. The van der Waals surface area contributed by atoms with Crippen LogP contribution in [-0.4, -0.2) is 41.9 Å². The highest BCUT2D eigenvalue weighted by Crippen LogP contribution is 2.47. The van der Waals surface area contributed by atoms with E-state index < -0.39 is 0 Å². The summed E-state index contributed by atoms with van der Waals surface area (Å²) in [4.78, 5) is 19.3. The van der Waals surface area contributed by atoms with E-state index in [-0.39, 0.29) is 12.1 Å². The van der Waals surface area contributed by atoms with E-state index in [1.54, 1.807) is 17.4 Å². The number of anilines is 1. The standard InChI is InChI=1S/C29H27Cl2N3O4S/c1-36-28(35)16-8-10-22-24(11-16)39-29(32-22)34-13-17-7-9-18(34)12-23(17)37-14-19-26(33-38-27(19)15-5-6-15)25-20(30)3-2-4-21(25)31/h2-4,8,10-11,15,17-18,23H,5-7,9,12-14H2,1H3/t17-,18-,23+/m1/s1. The lowest BCUT2D eigenvalue weighted by atomic mass is 9.78. The first-order chi connectivity index (χ1) is 19.0. The molecule has 2 bridgehead atoms. The van der Waals surface area contributed by atoms with Crippen LogP contribution in [0, 0.1) is 5.92 Å². The second-order valence-electron chi connectivity index (χ2n) is 10.6. The van der Waals surface area contributed by atoms with Crippen molar-refractivity contribution >= 4 is 55.9 Å². The van der Waals surface area contributed by atoms with Crippen molar-refractivity contribution in [1.29, 1.82) is 0 Å². The van der Waals surface area contributed by atoms with Gasteiger partial charge < -0.3 is 18.9 Å².